The van der Waals surface area contributed by atoms with Crippen LogP contribution in [0.4, 0.5) is 22.0 Å². The van der Waals surface area contributed by atoms with Gasteiger partial charge in [-0.05, 0) is 34.5 Å². The molecule has 10 heteroatoms. The van der Waals surface area contributed by atoms with Crippen LogP contribution in [0.3, 0.4) is 0 Å². The molecule has 0 amide bonds. The summed E-state index contributed by atoms with van der Waals surface area (Å²) in [6.07, 6.45) is -0.769. The van der Waals surface area contributed by atoms with E-state index in [1.165, 1.54) is 5.92 Å². The fraction of sp³-hybridized carbons (Fsp3) is 0.385. The number of nitrogens with one attached hydrogen (secondary N) is 1. The summed E-state index contributed by atoms with van der Waals surface area (Å²) in [5, 5.41) is 5.86. The summed E-state index contributed by atoms with van der Waals surface area (Å²) in [5.74, 6) is -2.39. The molecule has 1 rings (SSSR count). The highest BCUT2D eigenvalue weighted by Gasteiger charge is 2.41. The summed E-state index contributed by atoms with van der Waals surface area (Å²) in [7, 11) is 0. The second kappa shape index (κ2) is 7.12. The largest absolute Gasteiger partial charge is 0.464 e. The molecule has 0 aromatic carbocycles. The molecule has 0 unspecified atom stereocenters. The molecule has 1 aromatic heterocycles. The topological polar surface area (TPSA) is 50.8 Å². The second-order valence-electron chi connectivity index (χ2n) is 4.43. The van der Waals surface area contributed by atoms with Crippen LogP contribution < -0.4 is 0 Å². The van der Waals surface area contributed by atoms with E-state index in [0.717, 1.165) is 19.1 Å². The van der Waals surface area contributed by atoms with E-state index < -0.39 is 24.0 Å². The number of hydrogen-bond acceptors (Lipinski definition) is 3. The van der Waals surface area contributed by atoms with Gasteiger partial charge in [0.2, 0.25) is 4.73 Å². The Morgan fingerprint density at radius 1 is 1.35 bits per heavy atom. The zero-order chi connectivity index (χ0) is 17.8. The fourth-order valence-electron chi connectivity index (χ4n) is 1.19. The smallest absolute Gasteiger partial charge is 0.437 e. The van der Waals surface area contributed by atoms with Gasteiger partial charge >= 0.3 is 6.18 Å². The van der Waals surface area contributed by atoms with Gasteiger partial charge in [0.05, 0.1) is 0 Å². The number of allylic oxidation sites excluding steroid dienone is 3. The summed E-state index contributed by atoms with van der Waals surface area (Å²) in [5.41, 5.74) is -0.388. The lowest BCUT2D eigenvalue weighted by Crippen LogP contribution is -2.29. The van der Waals surface area contributed by atoms with Gasteiger partial charge in [-0.15, -0.1) is 11.5 Å². The molecule has 1 atom stereocenters. The number of alkyl halides is 5. The lowest BCUT2D eigenvalue weighted by molar-refractivity contribution is -0.183. The van der Waals surface area contributed by atoms with Crippen molar-refractivity contribution in [3.8, 4) is 12.3 Å². The minimum absolute atomic E-state index is 0.0489. The zero-order valence-corrected chi connectivity index (χ0v) is 13.5. The first-order valence-electron chi connectivity index (χ1n) is 5.99. The number of terminal acetylenes is 1. The number of H-pyrrole nitrogens is 1. The first kappa shape index (κ1) is 19.2. The zero-order valence-electron chi connectivity index (χ0n) is 11.9. The Labute approximate surface area is 136 Å². The van der Waals surface area contributed by atoms with Gasteiger partial charge in [0, 0.05) is 6.92 Å². The van der Waals surface area contributed by atoms with E-state index in [1.807, 2.05) is 0 Å². The first-order valence-corrected chi connectivity index (χ1v) is 6.79. The molecule has 1 aromatic rings. The summed E-state index contributed by atoms with van der Waals surface area (Å²) in [6, 6.07) is 0. The third kappa shape index (κ3) is 5.67. The molecule has 0 spiro atoms. The minimum Gasteiger partial charge on any atom is -0.464 e. The quantitative estimate of drug-likeness (QED) is 0.351. The highest BCUT2D eigenvalue weighted by atomic mass is 79.9. The van der Waals surface area contributed by atoms with Crippen molar-refractivity contribution in [2.24, 2.45) is 0 Å². The Morgan fingerprint density at radius 2 is 1.96 bits per heavy atom. The fourth-order valence-corrected chi connectivity index (χ4v) is 1.46. The molecule has 126 valence electrons. The molecule has 4 nitrogen and oxygen atoms in total. The van der Waals surface area contributed by atoms with Crippen molar-refractivity contribution in [2.75, 3.05) is 0 Å². The molecule has 1 N–H and O–H groups in total. The number of aromatic nitrogens is 3. The van der Waals surface area contributed by atoms with E-state index in [1.54, 1.807) is 0 Å². The van der Waals surface area contributed by atoms with E-state index in [-0.39, 0.29) is 16.1 Å². The number of aromatic amines is 1. The first-order chi connectivity index (χ1) is 10.4. The van der Waals surface area contributed by atoms with Crippen LogP contribution in [0.5, 0.6) is 0 Å². The van der Waals surface area contributed by atoms with Gasteiger partial charge in [0.1, 0.15) is 0 Å². The van der Waals surface area contributed by atoms with Crippen LogP contribution in [0.15, 0.2) is 22.5 Å². The number of rotatable bonds is 5. The van der Waals surface area contributed by atoms with Gasteiger partial charge in [-0.25, -0.2) is 8.78 Å². The molecule has 0 aliphatic rings. The molecule has 0 aliphatic carbocycles. The maximum atomic E-state index is 13.1. The van der Waals surface area contributed by atoms with E-state index in [2.05, 4.69) is 35.8 Å². The van der Waals surface area contributed by atoms with Gasteiger partial charge in [0.15, 0.2) is 11.6 Å². The average molecular weight is 400 g/mol. The number of hydrogen-bond donors (Lipinski definition) is 1. The predicted octanol–water partition coefficient (Wildman–Crippen LogP) is 4.09. The van der Waals surface area contributed by atoms with Crippen molar-refractivity contribution in [3.05, 3.63) is 28.3 Å². The van der Waals surface area contributed by atoms with Crippen LogP contribution in [0.25, 0.3) is 5.76 Å². The van der Waals surface area contributed by atoms with Crippen LogP contribution in [0, 0.1) is 12.3 Å². The monoisotopic (exact) mass is 399 g/mol. The SMILES string of the molecule is C#C[C@H](O/C(=C/C=C(\C)C(C)(F)F)c1nc(Br)n[nH]1)C(F)(F)F. The third-order valence-electron chi connectivity index (χ3n) is 2.56. The summed E-state index contributed by atoms with van der Waals surface area (Å²) in [4.78, 5) is 3.72. The number of halogens is 6. The van der Waals surface area contributed by atoms with Gasteiger partial charge in [0.25, 0.3) is 12.0 Å². The molecule has 1 heterocycles. The highest BCUT2D eigenvalue weighted by Crippen LogP contribution is 2.28. The van der Waals surface area contributed by atoms with Gasteiger partial charge in [-0.1, -0.05) is 12.0 Å². The average Bonchev–Trinajstić information content (AvgIpc) is 2.82. The number of ether oxygens (including phenoxy) is 1. The highest BCUT2D eigenvalue weighted by molar-refractivity contribution is 9.10. The maximum absolute atomic E-state index is 13.1. The van der Waals surface area contributed by atoms with Crippen molar-refractivity contribution >= 4 is 21.7 Å². The maximum Gasteiger partial charge on any atom is 0.437 e. The summed E-state index contributed by atoms with van der Waals surface area (Å²) in [6.45, 7) is 1.77. The van der Waals surface area contributed by atoms with Gasteiger partial charge < -0.3 is 4.74 Å². The molecule has 0 radical (unpaired) electrons. The van der Waals surface area contributed by atoms with Crippen molar-refractivity contribution in [3.63, 3.8) is 0 Å². The lowest BCUT2D eigenvalue weighted by atomic mass is 10.1. The van der Waals surface area contributed by atoms with Crippen molar-refractivity contribution in [1.29, 1.82) is 0 Å². The Bertz CT molecular complexity index is 652. The van der Waals surface area contributed by atoms with Crippen molar-refractivity contribution in [1.82, 2.24) is 15.2 Å². The van der Waals surface area contributed by atoms with E-state index in [4.69, 9.17) is 6.42 Å². The van der Waals surface area contributed by atoms with E-state index in [9.17, 15) is 22.0 Å². The van der Waals surface area contributed by atoms with Gasteiger partial charge in [-0.2, -0.15) is 18.2 Å². The van der Waals surface area contributed by atoms with E-state index in [0.29, 0.717) is 6.92 Å². The van der Waals surface area contributed by atoms with Crippen molar-refractivity contribution < 1.29 is 26.7 Å². The Kier molecular flexibility index (Phi) is 5.93. The van der Waals surface area contributed by atoms with Gasteiger partial charge in [-0.3, -0.25) is 5.10 Å². The van der Waals surface area contributed by atoms with E-state index >= 15 is 0 Å². The Balaban J connectivity index is 3.22. The second-order valence-corrected chi connectivity index (χ2v) is 5.14. The Hall–Kier alpha value is -1.89. The molecule has 0 bridgehead atoms. The summed E-state index contributed by atoms with van der Waals surface area (Å²) < 4.78 is 69.0. The lowest BCUT2D eigenvalue weighted by Gasteiger charge is -2.17. The van der Waals surface area contributed by atoms with Crippen LogP contribution in [-0.2, 0) is 4.74 Å². The van der Waals surface area contributed by atoms with Crippen LogP contribution in [-0.4, -0.2) is 33.4 Å². The van der Waals surface area contributed by atoms with Crippen molar-refractivity contribution in [2.45, 2.75) is 32.1 Å². The molecule has 0 saturated carbocycles. The third-order valence-corrected chi connectivity index (χ3v) is 2.92. The van der Waals surface area contributed by atoms with Crippen LogP contribution in [0.2, 0.25) is 0 Å². The molecule has 23 heavy (non-hydrogen) atoms. The summed E-state index contributed by atoms with van der Waals surface area (Å²) >= 11 is 2.90. The predicted molar refractivity (Wildman–Crippen MR) is 76.2 cm³/mol. The number of nitrogens with zero attached hydrogens (tertiary/aromatic N) is 2. The van der Waals surface area contributed by atoms with Crippen LogP contribution in [0.1, 0.15) is 19.7 Å². The molecular formula is C13H11BrF5N3O. The molecule has 0 saturated heterocycles. The molecule has 0 aliphatic heterocycles. The molecular weight excluding hydrogens is 389 g/mol. The standard InChI is InChI=1S/C13H11BrF5N3O/c1-4-9(13(17,18)19)23-8(10-20-11(14)22-21-10)6-5-7(2)12(3,15)16/h1,5-6,9H,2-3H3,(H,20,21,22)/b7-5+,8-6+/t9-/m0/s1. The van der Waals surface area contributed by atoms with Crippen LogP contribution >= 0.6 is 15.9 Å². The minimum atomic E-state index is -4.83. The molecule has 0 fully saturated rings. The normalized spacial score (nSPS) is 15.3. The Morgan fingerprint density at radius 3 is 2.35 bits per heavy atom.